The van der Waals surface area contributed by atoms with Crippen LogP contribution in [0.15, 0.2) is 54.7 Å². The zero-order chi connectivity index (χ0) is 18.8. The second-order valence-electron chi connectivity index (χ2n) is 5.81. The van der Waals surface area contributed by atoms with Crippen molar-refractivity contribution in [3.8, 4) is 5.75 Å². The zero-order valence-electron chi connectivity index (χ0n) is 15.1. The molecule has 0 saturated heterocycles. The van der Waals surface area contributed by atoms with Crippen LogP contribution in [0.4, 0.5) is 5.69 Å². The summed E-state index contributed by atoms with van der Waals surface area (Å²) in [7, 11) is 1.57. The van der Waals surface area contributed by atoms with Gasteiger partial charge in [0.25, 0.3) is 5.91 Å². The maximum absolute atomic E-state index is 12.4. The molecule has 1 amide bonds. The first-order chi connectivity index (χ1) is 12.7. The average Bonchev–Trinajstić information content (AvgIpc) is 2.68. The van der Waals surface area contributed by atoms with Gasteiger partial charge in [0.2, 0.25) is 0 Å². The van der Waals surface area contributed by atoms with Crippen LogP contribution in [0.2, 0.25) is 0 Å². The van der Waals surface area contributed by atoms with Gasteiger partial charge < -0.3 is 20.2 Å². The van der Waals surface area contributed by atoms with Gasteiger partial charge in [-0.05, 0) is 36.3 Å². The van der Waals surface area contributed by atoms with Crippen molar-refractivity contribution in [2.45, 2.75) is 25.8 Å². The summed E-state index contributed by atoms with van der Waals surface area (Å²) >= 11 is 0. The van der Waals surface area contributed by atoms with Gasteiger partial charge in [0.05, 0.1) is 18.8 Å². The van der Waals surface area contributed by atoms with E-state index < -0.39 is 6.04 Å². The van der Waals surface area contributed by atoms with Crippen LogP contribution in [0.25, 0.3) is 6.08 Å². The number of amides is 1. The molecular weight excluding hydrogens is 328 g/mol. The lowest BCUT2D eigenvalue weighted by Gasteiger charge is -2.14. The van der Waals surface area contributed by atoms with E-state index in [2.05, 4.69) is 10.6 Å². The Morgan fingerprint density at radius 3 is 2.62 bits per heavy atom. The van der Waals surface area contributed by atoms with E-state index in [0.717, 1.165) is 18.3 Å². The van der Waals surface area contributed by atoms with Gasteiger partial charge in [0.15, 0.2) is 0 Å². The van der Waals surface area contributed by atoms with Crippen molar-refractivity contribution in [1.29, 1.82) is 0 Å². The first-order valence-electron chi connectivity index (χ1n) is 8.60. The standard InChI is InChI=1S/C21H24N2O3/c1-3-7-18(15-24)23-21(25)17-10-11-20(26-2)19(14-17)22-13-12-16-8-5-4-6-9-16/h4-6,8-15,18,22H,3,7H2,1-2H3,(H,23,25). The van der Waals surface area contributed by atoms with Gasteiger partial charge in [-0.1, -0.05) is 43.7 Å². The molecule has 0 heterocycles. The molecule has 1 atom stereocenters. The molecule has 0 aromatic heterocycles. The minimum absolute atomic E-state index is 0.284. The maximum atomic E-state index is 12.4. The number of aldehydes is 1. The van der Waals surface area contributed by atoms with Crippen LogP contribution < -0.4 is 15.4 Å². The van der Waals surface area contributed by atoms with Crippen LogP contribution in [-0.2, 0) is 4.79 Å². The molecule has 5 heteroatoms. The summed E-state index contributed by atoms with van der Waals surface area (Å²) in [6.07, 6.45) is 5.93. The number of carbonyl (C=O) groups is 2. The number of hydrogen-bond donors (Lipinski definition) is 2. The van der Waals surface area contributed by atoms with E-state index in [1.54, 1.807) is 31.5 Å². The van der Waals surface area contributed by atoms with Crippen LogP contribution in [0, 0.1) is 0 Å². The smallest absolute Gasteiger partial charge is 0.251 e. The molecule has 2 rings (SSSR count). The summed E-state index contributed by atoms with van der Waals surface area (Å²) in [6, 6.07) is 14.5. The van der Waals surface area contributed by atoms with Crippen LogP contribution in [0.1, 0.15) is 35.7 Å². The molecule has 0 saturated carbocycles. The summed E-state index contributed by atoms with van der Waals surface area (Å²) in [5.74, 6) is 0.341. The third-order valence-corrected chi connectivity index (χ3v) is 3.86. The minimum Gasteiger partial charge on any atom is -0.495 e. The molecule has 0 aliphatic rings. The molecule has 2 aromatic carbocycles. The van der Waals surface area contributed by atoms with E-state index in [0.29, 0.717) is 23.4 Å². The summed E-state index contributed by atoms with van der Waals surface area (Å²) in [5.41, 5.74) is 2.19. The third-order valence-electron chi connectivity index (χ3n) is 3.86. The molecule has 1 unspecified atom stereocenters. The van der Waals surface area contributed by atoms with Gasteiger partial charge in [0.1, 0.15) is 12.0 Å². The zero-order valence-corrected chi connectivity index (χ0v) is 15.1. The summed E-state index contributed by atoms with van der Waals surface area (Å²) in [6.45, 7) is 1.97. The van der Waals surface area contributed by atoms with Gasteiger partial charge >= 0.3 is 0 Å². The number of rotatable bonds is 9. The van der Waals surface area contributed by atoms with Crippen LogP contribution in [-0.4, -0.2) is 25.3 Å². The van der Waals surface area contributed by atoms with E-state index in [4.69, 9.17) is 4.74 Å². The van der Waals surface area contributed by atoms with Crippen molar-refractivity contribution >= 4 is 24.0 Å². The fourth-order valence-corrected chi connectivity index (χ4v) is 2.49. The lowest BCUT2D eigenvalue weighted by atomic mass is 10.1. The van der Waals surface area contributed by atoms with Gasteiger partial charge in [-0.25, -0.2) is 0 Å². The number of ether oxygens (including phenoxy) is 1. The first-order valence-corrected chi connectivity index (χ1v) is 8.60. The number of hydrogen-bond acceptors (Lipinski definition) is 4. The molecule has 0 radical (unpaired) electrons. The first kappa shape index (κ1) is 19.2. The predicted octanol–water partition coefficient (Wildman–Crippen LogP) is 3.88. The Morgan fingerprint density at radius 2 is 1.96 bits per heavy atom. The Bertz CT molecular complexity index is 757. The Labute approximate surface area is 154 Å². The van der Waals surface area contributed by atoms with Gasteiger partial charge in [0, 0.05) is 11.8 Å². The minimum atomic E-state index is -0.469. The van der Waals surface area contributed by atoms with Crippen LogP contribution in [0.5, 0.6) is 5.75 Å². The van der Waals surface area contributed by atoms with Gasteiger partial charge in [-0.3, -0.25) is 4.79 Å². The predicted molar refractivity (Wildman–Crippen MR) is 104 cm³/mol. The Balaban J connectivity index is 2.13. The third kappa shape index (κ3) is 5.48. The highest BCUT2D eigenvalue weighted by Gasteiger charge is 2.14. The quantitative estimate of drug-likeness (QED) is 0.672. The number of benzene rings is 2. The Morgan fingerprint density at radius 1 is 1.19 bits per heavy atom. The molecule has 0 spiro atoms. The SMILES string of the molecule is CCCC(C=O)NC(=O)c1ccc(OC)c(NC=Cc2ccccc2)c1. The van der Waals surface area contributed by atoms with Crippen molar-refractivity contribution in [3.63, 3.8) is 0 Å². The normalized spacial score (nSPS) is 11.8. The highest BCUT2D eigenvalue weighted by Crippen LogP contribution is 2.25. The average molecular weight is 352 g/mol. The van der Waals surface area contributed by atoms with Crippen molar-refractivity contribution in [2.24, 2.45) is 0 Å². The molecule has 136 valence electrons. The maximum Gasteiger partial charge on any atom is 0.251 e. The lowest BCUT2D eigenvalue weighted by Crippen LogP contribution is -2.35. The molecule has 2 aromatic rings. The van der Waals surface area contributed by atoms with E-state index in [1.807, 2.05) is 43.3 Å². The van der Waals surface area contributed by atoms with Gasteiger partial charge in [-0.2, -0.15) is 0 Å². The number of methoxy groups -OCH3 is 1. The fourth-order valence-electron chi connectivity index (χ4n) is 2.49. The van der Waals surface area contributed by atoms with Crippen molar-refractivity contribution < 1.29 is 14.3 Å². The summed E-state index contributed by atoms with van der Waals surface area (Å²) in [4.78, 5) is 23.4. The molecular formula is C21H24N2O3. The monoisotopic (exact) mass is 352 g/mol. The largest absolute Gasteiger partial charge is 0.495 e. The molecule has 5 nitrogen and oxygen atoms in total. The number of anilines is 1. The summed E-state index contributed by atoms with van der Waals surface area (Å²) < 4.78 is 5.34. The molecule has 2 N–H and O–H groups in total. The number of carbonyl (C=O) groups excluding carboxylic acids is 2. The molecule has 0 bridgehead atoms. The second-order valence-corrected chi connectivity index (χ2v) is 5.81. The van der Waals surface area contributed by atoms with E-state index >= 15 is 0 Å². The van der Waals surface area contributed by atoms with Crippen molar-refractivity contribution in [3.05, 3.63) is 65.9 Å². The summed E-state index contributed by atoms with van der Waals surface area (Å²) in [5, 5.41) is 5.88. The fraction of sp³-hybridized carbons (Fsp3) is 0.238. The molecule has 26 heavy (non-hydrogen) atoms. The van der Waals surface area contributed by atoms with Crippen molar-refractivity contribution in [2.75, 3.05) is 12.4 Å². The van der Waals surface area contributed by atoms with Crippen LogP contribution in [0.3, 0.4) is 0 Å². The second kappa shape index (κ2) is 10.0. The van der Waals surface area contributed by atoms with E-state index in [-0.39, 0.29) is 5.91 Å². The molecule has 0 fully saturated rings. The molecule has 0 aliphatic carbocycles. The highest BCUT2D eigenvalue weighted by molar-refractivity contribution is 5.97. The molecule has 0 aliphatic heterocycles. The topological polar surface area (TPSA) is 67.4 Å². The van der Waals surface area contributed by atoms with E-state index in [9.17, 15) is 9.59 Å². The Kier molecular flexibility index (Phi) is 7.43. The van der Waals surface area contributed by atoms with Crippen LogP contribution >= 0.6 is 0 Å². The highest BCUT2D eigenvalue weighted by atomic mass is 16.5. The lowest BCUT2D eigenvalue weighted by molar-refractivity contribution is -0.109. The van der Waals surface area contributed by atoms with Crippen molar-refractivity contribution in [1.82, 2.24) is 5.32 Å². The Hall–Kier alpha value is -3.08. The van der Waals surface area contributed by atoms with E-state index in [1.165, 1.54) is 0 Å². The van der Waals surface area contributed by atoms with Gasteiger partial charge in [-0.15, -0.1) is 0 Å². The number of nitrogens with one attached hydrogen (secondary N) is 2.